The molecule has 0 aliphatic carbocycles. The van der Waals surface area contributed by atoms with Crippen molar-refractivity contribution in [3.05, 3.63) is 45.5 Å². The van der Waals surface area contributed by atoms with Crippen molar-refractivity contribution in [2.24, 2.45) is 0 Å². The molecule has 3 nitrogen and oxygen atoms in total. The molecule has 2 heterocycles. The van der Waals surface area contributed by atoms with Crippen LogP contribution in [0.5, 0.6) is 0 Å². The number of anilines is 1. The van der Waals surface area contributed by atoms with Gasteiger partial charge in [0.15, 0.2) is 0 Å². The molecular formula is C10H6ClFN2OS. The fraction of sp³-hybridized carbons (Fsp3) is 0. The molecule has 2 aromatic rings. The van der Waals surface area contributed by atoms with Crippen LogP contribution in [0.3, 0.4) is 0 Å². The number of aromatic nitrogens is 1. The van der Waals surface area contributed by atoms with Crippen LogP contribution >= 0.6 is 22.9 Å². The second-order valence-corrected chi connectivity index (χ2v) is 4.62. The summed E-state index contributed by atoms with van der Waals surface area (Å²) < 4.78 is 13.3. The molecule has 0 aliphatic heterocycles. The van der Waals surface area contributed by atoms with E-state index in [0.717, 1.165) is 11.3 Å². The van der Waals surface area contributed by atoms with Crippen LogP contribution in [-0.4, -0.2) is 10.9 Å². The molecule has 2 rings (SSSR count). The summed E-state index contributed by atoms with van der Waals surface area (Å²) in [6.07, 6.45) is 0. The molecule has 2 aromatic heterocycles. The van der Waals surface area contributed by atoms with Crippen LogP contribution < -0.4 is 5.32 Å². The van der Waals surface area contributed by atoms with E-state index in [2.05, 4.69) is 10.3 Å². The number of carbonyl (C=O) groups is 1. The topological polar surface area (TPSA) is 42.0 Å². The van der Waals surface area contributed by atoms with Crippen molar-refractivity contribution in [1.29, 1.82) is 0 Å². The standard InChI is InChI=1S/C10H6ClFN2OS/c11-7-5-4-6(16-7)10(15)14-9-3-1-2-8(12)13-9/h1-5H,(H,13,14,15). The molecule has 0 atom stereocenters. The summed E-state index contributed by atoms with van der Waals surface area (Å²) in [4.78, 5) is 15.6. The Morgan fingerprint density at radius 3 is 2.81 bits per heavy atom. The van der Waals surface area contributed by atoms with Crippen molar-refractivity contribution >= 4 is 34.7 Å². The lowest BCUT2D eigenvalue weighted by molar-refractivity contribution is 0.103. The third-order valence-electron chi connectivity index (χ3n) is 1.75. The molecule has 1 N–H and O–H groups in total. The molecule has 0 aliphatic rings. The Morgan fingerprint density at radius 1 is 1.38 bits per heavy atom. The number of hydrogen-bond donors (Lipinski definition) is 1. The first-order valence-electron chi connectivity index (χ1n) is 4.34. The largest absolute Gasteiger partial charge is 0.306 e. The average Bonchev–Trinajstić information content (AvgIpc) is 2.65. The molecule has 82 valence electrons. The third-order valence-corrected chi connectivity index (χ3v) is 2.98. The minimum atomic E-state index is -0.637. The van der Waals surface area contributed by atoms with E-state index in [9.17, 15) is 9.18 Å². The lowest BCUT2D eigenvalue weighted by Crippen LogP contribution is -2.11. The number of thiophene rings is 1. The summed E-state index contributed by atoms with van der Waals surface area (Å²) in [5, 5.41) is 2.47. The fourth-order valence-corrected chi connectivity index (χ4v) is 2.03. The van der Waals surface area contributed by atoms with Gasteiger partial charge < -0.3 is 5.32 Å². The SMILES string of the molecule is O=C(Nc1cccc(F)n1)c1ccc(Cl)s1. The van der Waals surface area contributed by atoms with Crippen LogP contribution in [0.2, 0.25) is 4.34 Å². The van der Waals surface area contributed by atoms with E-state index >= 15 is 0 Å². The number of halogens is 2. The van der Waals surface area contributed by atoms with Crippen molar-refractivity contribution in [3.8, 4) is 0 Å². The number of rotatable bonds is 2. The summed E-state index contributed by atoms with van der Waals surface area (Å²) in [7, 11) is 0. The van der Waals surface area contributed by atoms with Crippen molar-refractivity contribution in [2.75, 3.05) is 5.32 Å². The van der Waals surface area contributed by atoms with Gasteiger partial charge in [0.05, 0.1) is 9.21 Å². The summed E-state index contributed by atoms with van der Waals surface area (Å²) in [5.41, 5.74) is 0. The maximum Gasteiger partial charge on any atom is 0.266 e. The highest BCUT2D eigenvalue weighted by Gasteiger charge is 2.09. The van der Waals surface area contributed by atoms with E-state index in [4.69, 9.17) is 11.6 Å². The van der Waals surface area contributed by atoms with Crippen LogP contribution in [0, 0.1) is 5.95 Å². The molecular weight excluding hydrogens is 251 g/mol. The van der Waals surface area contributed by atoms with Gasteiger partial charge in [0.25, 0.3) is 5.91 Å². The maximum absolute atomic E-state index is 12.7. The predicted molar refractivity (Wildman–Crippen MR) is 61.5 cm³/mol. The van der Waals surface area contributed by atoms with Gasteiger partial charge in [-0.05, 0) is 24.3 Å². The number of amides is 1. The van der Waals surface area contributed by atoms with Gasteiger partial charge in [-0.3, -0.25) is 4.79 Å². The van der Waals surface area contributed by atoms with Gasteiger partial charge in [0.2, 0.25) is 5.95 Å². The van der Waals surface area contributed by atoms with Crippen LogP contribution in [-0.2, 0) is 0 Å². The highest BCUT2D eigenvalue weighted by Crippen LogP contribution is 2.22. The quantitative estimate of drug-likeness (QED) is 0.839. The molecule has 0 fully saturated rings. The zero-order valence-corrected chi connectivity index (χ0v) is 9.48. The fourth-order valence-electron chi connectivity index (χ4n) is 1.09. The molecule has 0 bridgehead atoms. The van der Waals surface area contributed by atoms with E-state index < -0.39 is 5.95 Å². The predicted octanol–water partition coefficient (Wildman–Crippen LogP) is 3.19. The lowest BCUT2D eigenvalue weighted by atomic mass is 10.4. The molecule has 0 saturated carbocycles. The number of hydrogen-bond acceptors (Lipinski definition) is 3. The van der Waals surface area contributed by atoms with Gasteiger partial charge in [-0.15, -0.1) is 11.3 Å². The highest BCUT2D eigenvalue weighted by atomic mass is 35.5. The molecule has 0 aromatic carbocycles. The van der Waals surface area contributed by atoms with Crippen molar-refractivity contribution < 1.29 is 9.18 Å². The summed E-state index contributed by atoms with van der Waals surface area (Å²) in [5.74, 6) is -0.813. The monoisotopic (exact) mass is 256 g/mol. The van der Waals surface area contributed by atoms with Gasteiger partial charge in [-0.1, -0.05) is 17.7 Å². The van der Waals surface area contributed by atoms with E-state index in [1.54, 1.807) is 12.1 Å². The van der Waals surface area contributed by atoms with Crippen LogP contribution in [0.4, 0.5) is 10.2 Å². The van der Waals surface area contributed by atoms with Crippen molar-refractivity contribution in [1.82, 2.24) is 4.98 Å². The Bertz CT molecular complexity index is 529. The molecule has 0 spiro atoms. The van der Waals surface area contributed by atoms with Crippen molar-refractivity contribution in [2.45, 2.75) is 0 Å². The number of carbonyl (C=O) groups excluding carboxylic acids is 1. The number of nitrogens with one attached hydrogen (secondary N) is 1. The summed E-state index contributed by atoms with van der Waals surface area (Å²) in [6.45, 7) is 0. The van der Waals surface area contributed by atoms with Gasteiger partial charge in [-0.2, -0.15) is 4.39 Å². The Morgan fingerprint density at radius 2 is 2.19 bits per heavy atom. The second kappa shape index (κ2) is 4.59. The highest BCUT2D eigenvalue weighted by molar-refractivity contribution is 7.18. The zero-order valence-electron chi connectivity index (χ0n) is 7.91. The Hall–Kier alpha value is -1.46. The minimum absolute atomic E-state index is 0.175. The third kappa shape index (κ3) is 2.56. The van der Waals surface area contributed by atoms with E-state index in [1.807, 2.05) is 0 Å². The summed E-state index contributed by atoms with van der Waals surface area (Å²) >= 11 is 6.85. The molecule has 6 heteroatoms. The Labute approximate surface area is 99.9 Å². The first-order valence-corrected chi connectivity index (χ1v) is 5.54. The first-order chi connectivity index (χ1) is 7.65. The Kier molecular flexibility index (Phi) is 3.17. The van der Waals surface area contributed by atoms with Gasteiger partial charge in [-0.25, -0.2) is 4.98 Å². The first kappa shape index (κ1) is 11.0. The molecule has 1 amide bonds. The number of pyridine rings is 1. The van der Waals surface area contributed by atoms with Crippen molar-refractivity contribution in [3.63, 3.8) is 0 Å². The zero-order chi connectivity index (χ0) is 11.5. The van der Waals surface area contributed by atoms with Gasteiger partial charge in [0.1, 0.15) is 5.82 Å². The molecule has 16 heavy (non-hydrogen) atoms. The normalized spacial score (nSPS) is 10.1. The molecule has 0 unspecified atom stereocenters. The number of nitrogens with zero attached hydrogens (tertiary/aromatic N) is 1. The average molecular weight is 257 g/mol. The Balaban J connectivity index is 2.13. The van der Waals surface area contributed by atoms with Gasteiger partial charge >= 0.3 is 0 Å². The second-order valence-electron chi connectivity index (χ2n) is 2.90. The summed E-state index contributed by atoms with van der Waals surface area (Å²) in [6, 6.07) is 7.41. The molecule has 0 radical (unpaired) electrons. The minimum Gasteiger partial charge on any atom is -0.306 e. The van der Waals surface area contributed by atoms with Crippen LogP contribution in [0.1, 0.15) is 9.67 Å². The van der Waals surface area contributed by atoms with Crippen LogP contribution in [0.25, 0.3) is 0 Å². The van der Waals surface area contributed by atoms with E-state index in [-0.39, 0.29) is 11.7 Å². The smallest absolute Gasteiger partial charge is 0.266 e. The van der Waals surface area contributed by atoms with E-state index in [1.165, 1.54) is 18.2 Å². The van der Waals surface area contributed by atoms with Crippen LogP contribution in [0.15, 0.2) is 30.3 Å². The van der Waals surface area contributed by atoms with Gasteiger partial charge in [0, 0.05) is 0 Å². The lowest BCUT2D eigenvalue weighted by Gasteiger charge is -2.01. The van der Waals surface area contributed by atoms with E-state index in [0.29, 0.717) is 9.21 Å². The maximum atomic E-state index is 12.7. The molecule has 0 saturated heterocycles.